The molecular formula is C22H27N5O2. The highest BCUT2D eigenvalue weighted by Crippen LogP contribution is 2.38. The maximum atomic E-state index is 13.1. The molecule has 4 N–H and O–H groups in total. The van der Waals surface area contributed by atoms with Crippen molar-refractivity contribution in [1.82, 2.24) is 14.9 Å². The summed E-state index contributed by atoms with van der Waals surface area (Å²) < 4.78 is 0. The van der Waals surface area contributed by atoms with E-state index in [1.807, 2.05) is 11.0 Å². The Morgan fingerprint density at radius 1 is 1.14 bits per heavy atom. The highest BCUT2D eigenvalue weighted by atomic mass is 16.2. The number of nitrogen functional groups attached to an aromatic ring is 1. The van der Waals surface area contributed by atoms with Gasteiger partial charge in [-0.15, -0.1) is 0 Å². The summed E-state index contributed by atoms with van der Waals surface area (Å²) in [6, 6.07) is 6.97. The van der Waals surface area contributed by atoms with E-state index in [1.165, 1.54) is 12.8 Å². The molecule has 1 aliphatic carbocycles. The summed E-state index contributed by atoms with van der Waals surface area (Å²) in [7, 11) is 0. The number of carbonyl (C=O) groups excluding carboxylic acids is 2. The van der Waals surface area contributed by atoms with Crippen molar-refractivity contribution in [2.45, 2.75) is 51.0 Å². The molecule has 1 atom stereocenters. The van der Waals surface area contributed by atoms with Crippen molar-refractivity contribution in [3.8, 4) is 11.1 Å². The van der Waals surface area contributed by atoms with Crippen molar-refractivity contribution in [2.75, 3.05) is 12.3 Å². The SMILES string of the molecule is NC(=O)c1cccc(-c2cnc(N)nc2[C@H]2CCCN2C(=O)CC2CCCC2)c1. The lowest BCUT2D eigenvalue weighted by Gasteiger charge is -2.27. The summed E-state index contributed by atoms with van der Waals surface area (Å²) in [5, 5.41) is 0. The van der Waals surface area contributed by atoms with Crippen LogP contribution in [0, 0.1) is 5.92 Å². The quantitative estimate of drug-likeness (QED) is 0.810. The minimum absolute atomic E-state index is 0.124. The van der Waals surface area contributed by atoms with E-state index in [9.17, 15) is 9.59 Å². The van der Waals surface area contributed by atoms with Crippen LogP contribution in [0.5, 0.6) is 0 Å². The molecule has 0 radical (unpaired) electrons. The van der Waals surface area contributed by atoms with Crippen LogP contribution in [-0.4, -0.2) is 33.2 Å². The molecule has 2 aromatic rings. The van der Waals surface area contributed by atoms with E-state index in [4.69, 9.17) is 11.5 Å². The van der Waals surface area contributed by atoms with E-state index >= 15 is 0 Å². The molecule has 1 saturated heterocycles. The van der Waals surface area contributed by atoms with E-state index in [0.29, 0.717) is 17.9 Å². The van der Waals surface area contributed by atoms with Crippen LogP contribution in [-0.2, 0) is 4.79 Å². The number of primary amides is 1. The third kappa shape index (κ3) is 4.09. The lowest BCUT2D eigenvalue weighted by atomic mass is 9.97. The van der Waals surface area contributed by atoms with Gasteiger partial charge in [0.1, 0.15) is 0 Å². The maximum Gasteiger partial charge on any atom is 0.248 e. The minimum Gasteiger partial charge on any atom is -0.368 e. The summed E-state index contributed by atoms with van der Waals surface area (Å²) in [5.41, 5.74) is 14.1. The average Bonchev–Trinajstić information content (AvgIpc) is 3.40. The van der Waals surface area contributed by atoms with Gasteiger partial charge in [0, 0.05) is 30.3 Å². The number of likely N-dealkylation sites (tertiary alicyclic amines) is 1. The van der Waals surface area contributed by atoms with Gasteiger partial charge >= 0.3 is 0 Å². The topological polar surface area (TPSA) is 115 Å². The van der Waals surface area contributed by atoms with E-state index in [1.54, 1.807) is 24.4 Å². The van der Waals surface area contributed by atoms with Gasteiger partial charge in [-0.1, -0.05) is 25.0 Å². The summed E-state index contributed by atoms with van der Waals surface area (Å²) in [6.07, 6.45) is 8.82. The highest BCUT2D eigenvalue weighted by Gasteiger charge is 2.34. The smallest absolute Gasteiger partial charge is 0.248 e. The number of rotatable bonds is 5. The van der Waals surface area contributed by atoms with Gasteiger partial charge in [-0.2, -0.15) is 0 Å². The van der Waals surface area contributed by atoms with Gasteiger partial charge in [0.2, 0.25) is 17.8 Å². The first-order valence-electron chi connectivity index (χ1n) is 10.3. The van der Waals surface area contributed by atoms with Crippen molar-refractivity contribution in [3.05, 3.63) is 41.7 Å². The molecule has 152 valence electrons. The van der Waals surface area contributed by atoms with Crippen LogP contribution in [0.2, 0.25) is 0 Å². The Morgan fingerprint density at radius 3 is 2.69 bits per heavy atom. The molecule has 2 aliphatic rings. The number of nitrogens with zero attached hydrogens (tertiary/aromatic N) is 3. The number of carbonyl (C=O) groups is 2. The predicted octanol–water partition coefficient (Wildman–Crippen LogP) is 3.07. The first kappa shape index (κ1) is 19.4. The van der Waals surface area contributed by atoms with Crippen LogP contribution < -0.4 is 11.5 Å². The number of nitrogens with two attached hydrogens (primary N) is 2. The standard InChI is InChI=1S/C22H27N5O2/c23-21(29)16-8-3-7-15(12-16)17-13-25-22(24)26-20(17)18-9-4-10-27(18)19(28)11-14-5-1-2-6-14/h3,7-8,12-14,18H,1-2,4-6,9-11H2,(H2,23,29)(H2,24,25,26)/t18-/m1/s1. The van der Waals surface area contributed by atoms with E-state index in [-0.39, 0.29) is 17.9 Å². The molecule has 29 heavy (non-hydrogen) atoms. The van der Waals surface area contributed by atoms with Crippen molar-refractivity contribution in [3.63, 3.8) is 0 Å². The second-order valence-corrected chi connectivity index (χ2v) is 8.07. The number of hydrogen-bond donors (Lipinski definition) is 2. The zero-order valence-corrected chi connectivity index (χ0v) is 16.5. The molecular weight excluding hydrogens is 366 g/mol. The lowest BCUT2D eigenvalue weighted by Crippen LogP contribution is -2.32. The van der Waals surface area contributed by atoms with E-state index in [0.717, 1.165) is 49.0 Å². The predicted molar refractivity (Wildman–Crippen MR) is 111 cm³/mol. The summed E-state index contributed by atoms with van der Waals surface area (Å²) >= 11 is 0. The van der Waals surface area contributed by atoms with Gasteiger partial charge in [0.15, 0.2) is 0 Å². The molecule has 7 nitrogen and oxygen atoms in total. The third-order valence-corrected chi connectivity index (χ3v) is 6.12. The lowest BCUT2D eigenvalue weighted by molar-refractivity contribution is -0.133. The molecule has 1 aromatic carbocycles. The number of amides is 2. The van der Waals surface area contributed by atoms with Crippen LogP contribution in [0.15, 0.2) is 30.5 Å². The zero-order chi connectivity index (χ0) is 20.4. The van der Waals surface area contributed by atoms with Crippen molar-refractivity contribution in [1.29, 1.82) is 0 Å². The van der Waals surface area contributed by atoms with Crippen molar-refractivity contribution >= 4 is 17.8 Å². The second-order valence-electron chi connectivity index (χ2n) is 8.07. The second kappa shape index (κ2) is 8.19. The Morgan fingerprint density at radius 2 is 1.93 bits per heavy atom. The molecule has 1 aliphatic heterocycles. The Bertz CT molecular complexity index is 923. The fraction of sp³-hybridized carbons (Fsp3) is 0.455. The average molecular weight is 393 g/mol. The molecule has 0 unspecified atom stereocenters. The normalized spacial score (nSPS) is 19.6. The summed E-state index contributed by atoms with van der Waals surface area (Å²) in [4.78, 5) is 35.3. The zero-order valence-electron chi connectivity index (χ0n) is 16.5. The molecule has 0 spiro atoms. The van der Waals surface area contributed by atoms with Gasteiger partial charge in [-0.3, -0.25) is 9.59 Å². The molecule has 4 rings (SSSR count). The van der Waals surface area contributed by atoms with Gasteiger partial charge in [-0.05, 0) is 49.3 Å². The Labute approximate surface area is 170 Å². The van der Waals surface area contributed by atoms with Gasteiger partial charge in [-0.25, -0.2) is 9.97 Å². The molecule has 1 aromatic heterocycles. The van der Waals surface area contributed by atoms with Gasteiger partial charge < -0.3 is 16.4 Å². The monoisotopic (exact) mass is 393 g/mol. The molecule has 7 heteroatoms. The number of hydrogen-bond acceptors (Lipinski definition) is 5. The Balaban J connectivity index is 1.66. The summed E-state index contributed by atoms with van der Waals surface area (Å²) in [6.45, 7) is 0.737. The van der Waals surface area contributed by atoms with Gasteiger partial charge in [0.05, 0.1) is 11.7 Å². The van der Waals surface area contributed by atoms with E-state index < -0.39 is 5.91 Å². The van der Waals surface area contributed by atoms with Crippen molar-refractivity contribution < 1.29 is 9.59 Å². The number of benzene rings is 1. The first-order valence-corrected chi connectivity index (χ1v) is 10.3. The first-order chi connectivity index (χ1) is 14.0. The maximum absolute atomic E-state index is 13.1. The number of anilines is 1. The van der Waals surface area contributed by atoms with Crippen LogP contribution in [0.25, 0.3) is 11.1 Å². The van der Waals surface area contributed by atoms with Crippen LogP contribution in [0.1, 0.15) is 67.0 Å². The fourth-order valence-corrected chi connectivity index (χ4v) is 4.65. The number of aromatic nitrogens is 2. The molecule has 2 fully saturated rings. The molecule has 2 heterocycles. The van der Waals surface area contributed by atoms with Crippen LogP contribution in [0.4, 0.5) is 5.95 Å². The molecule has 0 bridgehead atoms. The molecule has 1 saturated carbocycles. The molecule has 2 amide bonds. The van der Waals surface area contributed by atoms with Crippen LogP contribution >= 0.6 is 0 Å². The largest absolute Gasteiger partial charge is 0.368 e. The van der Waals surface area contributed by atoms with Gasteiger partial charge in [0.25, 0.3) is 0 Å². The van der Waals surface area contributed by atoms with Crippen molar-refractivity contribution in [2.24, 2.45) is 11.7 Å². The highest BCUT2D eigenvalue weighted by molar-refractivity contribution is 5.94. The summed E-state index contributed by atoms with van der Waals surface area (Å²) in [5.74, 6) is 0.406. The Kier molecular flexibility index (Phi) is 5.47. The van der Waals surface area contributed by atoms with E-state index in [2.05, 4.69) is 9.97 Å². The minimum atomic E-state index is -0.487. The Hall–Kier alpha value is -2.96. The fourth-order valence-electron chi connectivity index (χ4n) is 4.65. The van der Waals surface area contributed by atoms with Crippen LogP contribution in [0.3, 0.4) is 0 Å². The third-order valence-electron chi connectivity index (χ3n) is 6.12.